The number of anilines is 1. The van der Waals surface area contributed by atoms with Crippen LogP contribution < -0.4 is 5.32 Å². The minimum Gasteiger partial charge on any atom is -0.341 e. The van der Waals surface area contributed by atoms with Crippen molar-refractivity contribution in [3.63, 3.8) is 0 Å². The van der Waals surface area contributed by atoms with Crippen LogP contribution in [-0.4, -0.2) is 48.5 Å². The number of nitrogens with one attached hydrogen (secondary N) is 1. The molecule has 1 aromatic heterocycles. The van der Waals surface area contributed by atoms with Gasteiger partial charge in [0.2, 0.25) is 11.8 Å². The zero-order valence-electron chi connectivity index (χ0n) is 17.9. The van der Waals surface area contributed by atoms with Gasteiger partial charge in [-0.3, -0.25) is 9.59 Å². The SMILES string of the molecule is O=C(CS(=O)(=O)c1cn(CC(=O)N2CCCCCC2)c2ccccc12)Nc1ccccc1. The van der Waals surface area contributed by atoms with Crippen LogP contribution in [0.15, 0.2) is 65.7 Å². The molecular weight excluding hydrogens is 426 g/mol. The molecule has 8 heteroatoms. The Kier molecular flexibility index (Phi) is 6.60. The molecule has 1 saturated heterocycles. The standard InChI is InChI=1S/C24H27N3O4S/c28-23(25-19-10-4-3-5-11-19)18-32(30,31)22-16-27(21-13-7-6-12-20(21)22)17-24(29)26-14-8-1-2-9-15-26/h3-7,10-13,16H,1-2,8-9,14-15,17-18H2,(H,25,28). The number of benzene rings is 2. The molecule has 0 spiro atoms. The highest BCUT2D eigenvalue weighted by atomic mass is 32.2. The Labute approximate surface area is 187 Å². The van der Waals surface area contributed by atoms with Gasteiger partial charge in [-0.15, -0.1) is 0 Å². The molecule has 1 N–H and O–H groups in total. The van der Waals surface area contributed by atoms with E-state index in [1.807, 2.05) is 17.0 Å². The number of hydrogen-bond donors (Lipinski definition) is 1. The first-order valence-corrected chi connectivity index (χ1v) is 12.5. The van der Waals surface area contributed by atoms with Crippen LogP contribution in [0.25, 0.3) is 10.9 Å². The summed E-state index contributed by atoms with van der Waals surface area (Å²) in [6.45, 7) is 1.55. The van der Waals surface area contributed by atoms with Gasteiger partial charge in [0.25, 0.3) is 0 Å². The first-order chi connectivity index (χ1) is 15.4. The largest absolute Gasteiger partial charge is 0.341 e. The number of rotatable bonds is 6. The van der Waals surface area contributed by atoms with Crippen LogP contribution in [0.3, 0.4) is 0 Å². The van der Waals surface area contributed by atoms with Crippen molar-refractivity contribution in [3.8, 4) is 0 Å². The van der Waals surface area contributed by atoms with E-state index in [0.717, 1.165) is 38.8 Å². The molecule has 0 bridgehead atoms. The predicted octanol–water partition coefficient (Wildman–Crippen LogP) is 3.46. The summed E-state index contributed by atoms with van der Waals surface area (Å²) in [7, 11) is -3.91. The molecule has 0 radical (unpaired) electrons. The molecule has 0 unspecified atom stereocenters. The van der Waals surface area contributed by atoms with E-state index in [4.69, 9.17) is 0 Å². The maximum absolute atomic E-state index is 13.1. The van der Waals surface area contributed by atoms with Crippen LogP contribution in [0.1, 0.15) is 25.7 Å². The third-order valence-corrected chi connectivity index (χ3v) is 7.37. The number of para-hydroxylation sites is 2. The topological polar surface area (TPSA) is 88.5 Å². The molecule has 1 fully saturated rings. The average molecular weight is 454 g/mol. The monoisotopic (exact) mass is 453 g/mol. The number of likely N-dealkylation sites (tertiary alicyclic amines) is 1. The van der Waals surface area contributed by atoms with Gasteiger partial charge in [0.05, 0.1) is 4.90 Å². The Balaban J connectivity index is 1.57. The molecule has 2 amide bonds. The van der Waals surface area contributed by atoms with Crippen molar-refractivity contribution in [2.45, 2.75) is 37.1 Å². The molecule has 2 heterocycles. The second-order valence-corrected chi connectivity index (χ2v) is 10.1. The van der Waals surface area contributed by atoms with E-state index < -0.39 is 21.5 Å². The van der Waals surface area contributed by atoms with Gasteiger partial charge in [-0.25, -0.2) is 8.42 Å². The average Bonchev–Trinajstić information content (AvgIpc) is 2.95. The number of hydrogen-bond acceptors (Lipinski definition) is 4. The van der Waals surface area contributed by atoms with Gasteiger partial charge in [0.1, 0.15) is 12.3 Å². The van der Waals surface area contributed by atoms with Crippen LogP contribution in [0, 0.1) is 0 Å². The summed E-state index contributed by atoms with van der Waals surface area (Å²) in [6, 6.07) is 15.8. The van der Waals surface area contributed by atoms with Gasteiger partial charge in [-0.05, 0) is 31.0 Å². The lowest BCUT2D eigenvalue weighted by atomic mass is 10.2. The van der Waals surface area contributed by atoms with Crippen LogP contribution in [0.5, 0.6) is 0 Å². The minimum absolute atomic E-state index is 0.0154. The van der Waals surface area contributed by atoms with Crippen molar-refractivity contribution < 1.29 is 18.0 Å². The minimum atomic E-state index is -3.91. The van der Waals surface area contributed by atoms with Crippen molar-refractivity contribution in [2.75, 3.05) is 24.2 Å². The zero-order valence-corrected chi connectivity index (χ0v) is 18.7. The molecule has 4 rings (SSSR count). The number of fused-ring (bicyclic) bond motifs is 1. The zero-order chi connectivity index (χ0) is 22.6. The van der Waals surface area contributed by atoms with Crippen molar-refractivity contribution >= 4 is 38.2 Å². The Hall–Kier alpha value is -3.13. The fourth-order valence-corrected chi connectivity index (χ4v) is 5.49. The fourth-order valence-electron chi connectivity index (χ4n) is 4.13. The summed E-state index contributed by atoms with van der Waals surface area (Å²) in [5.41, 5.74) is 1.20. The molecule has 2 aromatic carbocycles. The van der Waals surface area contributed by atoms with Crippen molar-refractivity contribution in [2.24, 2.45) is 0 Å². The van der Waals surface area contributed by atoms with Crippen LogP contribution in [0.4, 0.5) is 5.69 Å². The van der Waals surface area contributed by atoms with Crippen LogP contribution >= 0.6 is 0 Å². The van der Waals surface area contributed by atoms with Gasteiger partial charge < -0.3 is 14.8 Å². The van der Waals surface area contributed by atoms with Crippen LogP contribution in [0.2, 0.25) is 0 Å². The highest BCUT2D eigenvalue weighted by Gasteiger charge is 2.25. The van der Waals surface area contributed by atoms with Gasteiger partial charge in [-0.2, -0.15) is 0 Å². The lowest BCUT2D eigenvalue weighted by molar-refractivity contribution is -0.131. The smallest absolute Gasteiger partial charge is 0.242 e. The molecule has 32 heavy (non-hydrogen) atoms. The molecule has 168 valence electrons. The predicted molar refractivity (Wildman–Crippen MR) is 124 cm³/mol. The van der Waals surface area contributed by atoms with E-state index in [1.165, 1.54) is 6.20 Å². The lowest BCUT2D eigenvalue weighted by Gasteiger charge is -2.20. The quantitative estimate of drug-likeness (QED) is 0.619. The van der Waals surface area contributed by atoms with Gasteiger partial charge in [0, 0.05) is 35.9 Å². The summed E-state index contributed by atoms with van der Waals surface area (Å²) in [5.74, 6) is -1.29. The van der Waals surface area contributed by atoms with Gasteiger partial charge >= 0.3 is 0 Å². The van der Waals surface area contributed by atoms with E-state index in [-0.39, 0.29) is 17.3 Å². The van der Waals surface area contributed by atoms with Crippen molar-refractivity contribution in [1.29, 1.82) is 0 Å². The summed E-state index contributed by atoms with van der Waals surface area (Å²) < 4.78 is 27.9. The highest BCUT2D eigenvalue weighted by molar-refractivity contribution is 7.92. The highest BCUT2D eigenvalue weighted by Crippen LogP contribution is 2.27. The molecule has 1 aliphatic heterocycles. The maximum atomic E-state index is 13.1. The molecule has 1 aliphatic rings. The molecule has 0 saturated carbocycles. The lowest BCUT2D eigenvalue weighted by Crippen LogP contribution is -2.34. The summed E-state index contributed by atoms with van der Waals surface area (Å²) >= 11 is 0. The first-order valence-electron chi connectivity index (χ1n) is 10.9. The van der Waals surface area contributed by atoms with E-state index in [1.54, 1.807) is 47.0 Å². The van der Waals surface area contributed by atoms with E-state index in [2.05, 4.69) is 5.32 Å². The number of sulfone groups is 1. The summed E-state index contributed by atoms with van der Waals surface area (Å²) in [5, 5.41) is 3.14. The molecule has 7 nitrogen and oxygen atoms in total. The normalized spacial score (nSPS) is 14.8. The van der Waals surface area contributed by atoms with E-state index in [0.29, 0.717) is 16.6 Å². The fraction of sp³-hybridized carbons (Fsp3) is 0.333. The van der Waals surface area contributed by atoms with Gasteiger partial charge in [0.15, 0.2) is 9.84 Å². The third-order valence-electron chi connectivity index (χ3n) is 5.73. The van der Waals surface area contributed by atoms with E-state index in [9.17, 15) is 18.0 Å². The first kappa shape index (κ1) is 22.1. The Bertz CT molecular complexity index is 1210. The Morgan fingerprint density at radius 2 is 1.53 bits per heavy atom. The Morgan fingerprint density at radius 3 is 2.25 bits per heavy atom. The third kappa shape index (κ3) is 5.02. The maximum Gasteiger partial charge on any atom is 0.242 e. The molecular formula is C24H27N3O4S. The molecule has 3 aromatic rings. The Morgan fingerprint density at radius 1 is 0.875 bits per heavy atom. The number of carbonyl (C=O) groups excluding carboxylic acids is 2. The second-order valence-electron chi connectivity index (χ2n) is 8.11. The summed E-state index contributed by atoms with van der Waals surface area (Å²) in [6.07, 6.45) is 5.74. The summed E-state index contributed by atoms with van der Waals surface area (Å²) in [4.78, 5) is 27.2. The van der Waals surface area contributed by atoms with Crippen molar-refractivity contribution in [1.82, 2.24) is 9.47 Å². The van der Waals surface area contributed by atoms with E-state index >= 15 is 0 Å². The molecule has 0 atom stereocenters. The number of nitrogens with zero attached hydrogens (tertiary/aromatic N) is 2. The number of aromatic nitrogens is 1. The van der Waals surface area contributed by atoms with Crippen molar-refractivity contribution in [3.05, 3.63) is 60.8 Å². The van der Waals surface area contributed by atoms with Crippen LogP contribution in [-0.2, 0) is 26.0 Å². The molecule has 0 aliphatic carbocycles. The second kappa shape index (κ2) is 9.56. The number of amides is 2. The number of carbonyl (C=O) groups is 2. The van der Waals surface area contributed by atoms with Gasteiger partial charge in [-0.1, -0.05) is 49.2 Å².